The van der Waals surface area contributed by atoms with Gasteiger partial charge in [0.15, 0.2) is 6.79 Å². The molecule has 21 heavy (non-hydrogen) atoms. The van der Waals surface area contributed by atoms with Gasteiger partial charge in [-0.2, -0.15) is 0 Å². The molecule has 0 amide bonds. The van der Waals surface area contributed by atoms with E-state index in [1.807, 2.05) is 24.1 Å². The number of esters is 1. The smallest absolute Gasteiger partial charge is 0.307 e. The van der Waals surface area contributed by atoms with Crippen LogP contribution in [0, 0.1) is 0 Å². The van der Waals surface area contributed by atoms with Crippen LogP contribution in [-0.2, 0) is 27.4 Å². The monoisotopic (exact) mass is 313 g/mol. The largest absolute Gasteiger partial charge is 0.467 e. The molecule has 5 nitrogen and oxygen atoms in total. The number of hydrogen-bond acceptors (Lipinski definition) is 5. The van der Waals surface area contributed by atoms with Crippen LogP contribution in [0.5, 0.6) is 5.75 Å². The highest BCUT2D eigenvalue weighted by molar-refractivity contribution is 6.30. The van der Waals surface area contributed by atoms with Crippen molar-refractivity contribution in [3.05, 3.63) is 28.3 Å². The second-order valence-corrected chi connectivity index (χ2v) is 5.39. The summed E-state index contributed by atoms with van der Waals surface area (Å²) in [5.74, 6) is 0.663. The Kier molecular flexibility index (Phi) is 5.85. The third kappa shape index (κ3) is 4.59. The first kappa shape index (κ1) is 16.1. The van der Waals surface area contributed by atoms with Crippen molar-refractivity contribution in [1.29, 1.82) is 0 Å². The molecule has 0 atom stereocenters. The molecule has 6 heteroatoms. The molecule has 1 aromatic rings. The molecule has 1 aliphatic heterocycles. The van der Waals surface area contributed by atoms with Gasteiger partial charge in [-0.15, -0.1) is 0 Å². The first-order valence-corrected chi connectivity index (χ1v) is 7.34. The SMILES string of the molecule is CCOC(=O)CCN(C)Cc1cc(Cl)cc2c1OCOC2. The quantitative estimate of drug-likeness (QED) is 0.756. The van der Waals surface area contributed by atoms with Gasteiger partial charge in [0.05, 0.1) is 19.6 Å². The predicted octanol–water partition coefficient (Wildman–Crippen LogP) is 2.59. The molecule has 0 saturated carbocycles. The van der Waals surface area contributed by atoms with Gasteiger partial charge in [-0.05, 0) is 26.1 Å². The summed E-state index contributed by atoms with van der Waals surface area (Å²) in [5.41, 5.74) is 1.97. The van der Waals surface area contributed by atoms with Crippen LogP contribution in [0.4, 0.5) is 0 Å². The molecule has 0 aromatic heterocycles. The lowest BCUT2D eigenvalue weighted by Gasteiger charge is -2.23. The third-order valence-corrected chi connectivity index (χ3v) is 3.41. The summed E-state index contributed by atoms with van der Waals surface area (Å²) < 4.78 is 15.8. The Hall–Kier alpha value is -1.30. The molecule has 0 bridgehead atoms. The van der Waals surface area contributed by atoms with Gasteiger partial charge in [-0.25, -0.2) is 0 Å². The van der Waals surface area contributed by atoms with Crippen molar-refractivity contribution in [3.8, 4) is 5.75 Å². The van der Waals surface area contributed by atoms with E-state index in [1.165, 1.54) is 0 Å². The van der Waals surface area contributed by atoms with Crippen LogP contribution in [0.15, 0.2) is 12.1 Å². The van der Waals surface area contributed by atoms with Gasteiger partial charge in [-0.1, -0.05) is 11.6 Å². The Morgan fingerprint density at radius 2 is 2.29 bits per heavy atom. The molecule has 0 radical (unpaired) electrons. The van der Waals surface area contributed by atoms with E-state index in [4.69, 9.17) is 25.8 Å². The lowest BCUT2D eigenvalue weighted by Crippen LogP contribution is -2.23. The second kappa shape index (κ2) is 7.64. The summed E-state index contributed by atoms with van der Waals surface area (Å²) in [5, 5.41) is 0.664. The summed E-state index contributed by atoms with van der Waals surface area (Å²) in [6.45, 7) is 4.26. The molecule has 0 saturated heterocycles. The first-order chi connectivity index (χ1) is 10.1. The predicted molar refractivity (Wildman–Crippen MR) is 79.3 cm³/mol. The van der Waals surface area contributed by atoms with Gasteiger partial charge >= 0.3 is 5.97 Å². The zero-order chi connectivity index (χ0) is 15.2. The summed E-state index contributed by atoms with van der Waals surface area (Å²) in [6, 6.07) is 3.75. The van der Waals surface area contributed by atoms with E-state index in [0.29, 0.717) is 37.7 Å². The van der Waals surface area contributed by atoms with Crippen LogP contribution in [0.25, 0.3) is 0 Å². The average Bonchev–Trinajstić information content (AvgIpc) is 2.45. The minimum absolute atomic E-state index is 0.179. The number of fused-ring (bicyclic) bond motifs is 1. The molecule has 1 heterocycles. The van der Waals surface area contributed by atoms with E-state index in [0.717, 1.165) is 16.9 Å². The maximum absolute atomic E-state index is 11.4. The van der Waals surface area contributed by atoms with Gasteiger partial charge in [0.1, 0.15) is 5.75 Å². The van der Waals surface area contributed by atoms with E-state index < -0.39 is 0 Å². The molecule has 0 N–H and O–H groups in total. The number of halogens is 1. The zero-order valence-electron chi connectivity index (χ0n) is 12.4. The van der Waals surface area contributed by atoms with Crippen LogP contribution in [0.3, 0.4) is 0 Å². The van der Waals surface area contributed by atoms with Crippen molar-refractivity contribution in [2.24, 2.45) is 0 Å². The Bertz CT molecular complexity index is 507. The second-order valence-electron chi connectivity index (χ2n) is 4.96. The normalized spacial score (nSPS) is 13.7. The molecule has 1 aromatic carbocycles. The topological polar surface area (TPSA) is 48.0 Å². The lowest BCUT2D eigenvalue weighted by molar-refractivity contribution is -0.143. The van der Waals surface area contributed by atoms with E-state index in [2.05, 4.69) is 0 Å². The molecule has 0 unspecified atom stereocenters. The Morgan fingerprint density at radius 3 is 3.05 bits per heavy atom. The van der Waals surface area contributed by atoms with E-state index in [-0.39, 0.29) is 12.8 Å². The van der Waals surface area contributed by atoms with Crippen LogP contribution in [0.1, 0.15) is 24.5 Å². The molecule has 0 spiro atoms. The Morgan fingerprint density at radius 1 is 1.48 bits per heavy atom. The molecule has 2 rings (SSSR count). The number of hydrogen-bond donors (Lipinski definition) is 0. The van der Waals surface area contributed by atoms with Crippen molar-refractivity contribution in [3.63, 3.8) is 0 Å². The minimum atomic E-state index is -0.179. The number of benzene rings is 1. The van der Waals surface area contributed by atoms with E-state index >= 15 is 0 Å². The summed E-state index contributed by atoms with van der Waals surface area (Å²) in [4.78, 5) is 13.4. The highest BCUT2D eigenvalue weighted by Gasteiger charge is 2.17. The summed E-state index contributed by atoms with van der Waals surface area (Å²) in [6.07, 6.45) is 0.372. The molecular weight excluding hydrogens is 294 g/mol. The van der Waals surface area contributed by atoms with Crippen molar-refractivity contribution in [2.75, 3.05) is 27.0 Å². The average molecular weight is 314 g/mol. The van der Waals surface area contributed by atoms with Crippen LogP contribution in [0.2, 0.25) is 5.02 Å². The Balaban J connectivity index is 1.98. The number of nitrogens with zero attached hydrogens (tertiary/aromatic N) is 1. The third-order valence-electron chi connectivity index (χ3n) is 3.19. The molecule has 1 aliphatic rings. The first-order valence-electron chi connectivity index (χ1n) is 6.96. The number of carbonyl (C=O) groups excluding carboxylic acids is 1. The van der Waals surface area contributed by atoms with Crippen molar-refractivity contribution in [1.82, 2.24) is 4.90 Å². The summed E-state index contributed by atoms with van der Waals surface area (Å²) >= 11 is 6.13. The molecule has 0 fully saturated rings. The van der Waals surface area contributed by atoms with E-state index in [9.17, 15) is 4.79 Å². The minimum Gasteiger partial charge on any atom is -0.467 e. The van der Waals surface area contributed by atoms with Gasteiger partial charge in [0, 0.05) is 29.2 Å². The van der Waals surface area contributed by atoms with Crippen molar-refractivity contribution < 1.29 is 19.0 Å². The summed E-state index contributed by atoms with van der Waals surface area (Å²) in [7, 11) is 1.95. The number of ether oxygens (including phenoxy) is 3. The number of carbonyl (C=O) groups is 1. The lowest BCUT2D eigenvalue weighted by atomic mass is 10.1. The number of rotatable bonds is 6. The molecule has 0 aliphatic carbocycles. The van der Waals surface area contributed by atoms with Crippen LogP contribution in [-0.4, -0.2) is 37.9 Å². The van der Waals surface area contributed by atoms with Crippen molar-refractivity contribution >= 4 is 17.6 Å². The van der Waals surface area contributed by atoms with Gasteiger partial charge in [0.2, 0.25) is 0 Å². The fourth-order valence-corrected chi connectivity index (χ4v) is 2.52. The van der Waals surface area contributed by atoms with Gasteiger partial charge in [0.25, 0.3) is 0 Å². The van der Waals surface area contributed by atoms with Gasteiger partial charge < -0.3 is 19.1 Å². The highest BCUT2D eigenvalue weighted by atomic mass is 35.5. The van der Waals surface area contributed by atoms with E-state index in [1.54, 1.807) is 6.92 Å². The Labute approximate surface area is 129 Å². The fraction of sp³-hybridized carbons (Fsp3) is 0.533. The molecule has 116 valence electrons. The maximum atomic E-state index is 11.4. The molecular formula is C15H20ClNO4. The fourth-order valence-electron chi connectivity index (χ4n) is 2.26. The van der Waals surface area contributed by atoms with Crippen LogP contribution < -0.4 is 4.74 Å². The van der Waals surface area contributed by atoms with Crippen molar-refractivity contribution in [2.45, 2.75) is 26.5 Å². The van der Waals surface area contributed by atoms with Gasteiger partial charge in [-0.3, -0.25) is 4.79 Å². The van der Waals surface area contributed by atoms with Crippen LogP contribution >= 0.6 is 11.6 Å². The zero-order valence-corrected chi connectivity index (χ0v) is 13.1. The maximum Gasteiger partial charge on any atom is 0.307 e. The standard InChI is InChI=1S/C15H20ClNO4/c1-3-20-14(18)4-5-17(2)8-11-6-13(16)7-12-9-19-10-21-15(11)12/h6-7H,3-5,8-10H2,1-2H3. The highest BCUT2D eigenvalue weighted by Crippen LogP contribution is 2.32.